The molecule has 0 radical (unpaired) electrons. The molecule has 0 rings (SSSR count). The van der Waals surface area contributed by atoms with Crippen LogP contribution in [-0.2, 0) is 28.6 Å². The first kappa shape index (κ1) is 69.1. The average Bonchev–Trinajstić information content (AvgIpc) is 3.38. The second-order valence-electron chi connectivity index (χ2n) is 21.0. The minimum atomic E-state index is -0.767. The molecule has 0 spiro atoms. The van der Waals surface area contributed by atoms with Crippen molar-refractivity contribution in [2.24, 2.45) is 0 Å². The smallest absolute Gasteiger partial charge is 0.306 e. The molecule has 418 valence electrons. The van der Waals surface area contributed by atoms with Gasteiger partial charge in [-0.3, -0.25) is 14.4 Å². The largest absolute Gasteiger partial charge is 0.462 e. The van der Waals surface area contributed by atoms with Crippen molar-refractivity contribution in [1.82, 2.24) is 0 Å². The summed E-state index contributed by atoms with van der Waals surface area (Å²) in [6, 6.07) is 0. The van der Waals surface area contributed by atoms with Gasteiger partial charge in [0, 0.05) is 19.3 Å². The highest BCUT2D eigenvalue weighted by molar-refractivity contribution is 5.71. The molecule has 0 aromatic heterocycles. The Bertz CT molecular complexity index is 1290. The fourth-order valence-electron chi connectivity index (χ4n) is 9.12. The molecule has 6 nitrogen and oxygen atoms in total. The summed E-state index contributed by atoms with van der Waals surface area (Å²) in [5.41, 5.74) is 0. The second kappa shape index (κ2) is 60.7. The third-order valence-electron chi connectivity index (χ3n) is 13.8. The van der Waals surface area contributed by atoms with Gasteiger partial charge >= 0.3 is 17.9 Å². The van der Waals surface area contributed by atoms with Crippen LogP contribution < -0.4 is 0 Å². The third kappa shape index (κ3) is 58.0. The molecule has 0 saturated carbocycles. The number of ether oxygens (including phenoxy) is 3. The van der Waals surface area contributed by atoms with Crippen LogP contribution in [0.5, 0.6) is 0 Å². The monoisotopic (exact) mass is 1010 g/mol. The summed E-state index contributed by atoms with van der Waals surface area (Å²) >= 11 is 0. The summed E-state index contributed by atoms with van der Waals surface area (Å²) in [6.07, 6.45) is 76.8. The van der Waals surface area contributed by atoms with Crippen LogP contribution in [0.2, 0.25) is 0 Å². The normalized spacial score (nSPS) is 12.4. The summed E-state index contributed by atoms with van der Waals surface area (Å²) in [7, 11) is 0. The van der Waals surface area contributed by atoms with E-state index in [1.165, 1.54) is 193 Å². The van der Waals surface area contributed by atoms with Crippen molar-refractivity contribution in [3.8, 4) is 0 Å². The highest BCUT2D eigenvalue weighted by atomic mass is 16.6. The predicted molar refractivity (Wildman–Crippen MR) is 312 cm³/mol. The molecule has 0 aromatic carbocycles. The molecule has 6 heteroatoms. The van der Waals surface area contributed by atoms with Crippen molar-refractivity contribution in [3.05, 3.63) is 60.8 Å². The van der Waals surface area contributed by atoms with E-state index in [0.717, 1.165) is 89.9 Å². The number of hydrogen-bond acceptors (Lipinski definition) is 6. The predicted octanol–water partition coefficient (Wildman–Crippen LogP) is 21.2. The lowest BCUT2D eigenvalue weighted by Gasteiger charge is -2.18. The molecular weight excluding hydrogens is 889 g/mol. The molecule has 0 bridgehead atoms. The van der Waals surface area contributed by atoms with Gasteiger partial charge in [-0.15, -0.1) is 0 Å². The maximum atomic E-state index is 12.8. The number of rotatable bonds is 57. The molecule has 0 fully saturated rings. The first-order valence-corrected chi connectivity index (χ1v) is 31.3. The number of hydrogen-bond donors (Lipinski definition) is 0. The number of esters is 3. The van der Waals surface area contributed by atoms with Gasteiger partial charge in [0.05, 0.1) is 0 Å². The van der Waals surface area contributed by atoms with E-state index in [1.807, 2.05) is 0 Å². The van der Waals surface area contributed by atoms with Gasteiger partial charge < -0.3 is 14.2 Å². The first-order valence-electron chi connectivity index (χ1n) is 31.3. The molecule has 0 saturated heterocycles. The van der Waals surface area contributed by atoms with Crippen LogP contribution >= 0.6 is 0 Å². The second-order valence-corrected chi connectivity index (χ2v) is 21.0. The van der Waals surface area contributed by atoms with E-state index in [1.54, 1.807) is 0 Å². The van der Waals surface area contributed by atoms with Crippen molar-refractivity contribution in [3.63, 3.8) is 0 Å². The van der Waals surface area contributed by atoms with Crippen molar-refractivity contribution in [2.75, 3.05) is 13.2 Å². The first-order chi connectivity index (χ1) is 35.5. The zero-order valence-corrected chi connectivity index (χ0v) is 47.9. The molecule has 1 atom stereocenters. The van der Waals surface area contributed by atoms with Crippen LogP contribution in [0.4, 0.5) is 0 Å². The molecular formula is C66H118O6. The van der Waals surface area contributed by atoms with Gasteiger partial charge in [-0.05, 0) is 64.2 Å². The van der Waals surface area contributed by atoms with Gasteiger partial charge in [0.25, 0.3) is 0 Å². The topological polar surface area (TPSA) is 78.9 Å². The standard InChI is InChI=1S/C66H118O6/c1-4-7-10-13-16-19-21-23-25-26-27-28-29-30-31-32-33-34-35-36-37-38-39-40-42-43-45-47-50-53-56-59-65(68)71-62-63(61-70-64(67)58-55-52-49-18-15-12-9-6-3)72-66(69)60-57-54-51-48-46-44-41-24-22-20-17-14-11-8-5-2/h7,10,16,19,23,25,27-28,30-31,63H,4-6,8-9,11-15,17-18,20-22,24,26,29,32-62H2,1-3H3/b10-7-,19-16-,25-23-,28-27-,31-30-. The Labute approximate surface area is 447 Å². The molecule has 72 heavy (non-hydrogen) atoms. The Morgan fingerprint density at radius 1 is 0.292 bits per heavy atom. The highest BCUT2D eigenvalue weighted by Crippen LogP contribution is 2.17. The van der Waals surface area contributed by atoms with Gasteiger partial charge in [-0.1, -0.05) is 300 Å². The lowest BCUT2D eigenvalue weighted by molar-refractivity contribution is -0.167. The van der Waals surface area contributed by atoms with E-state index in [4.69, 9.17) is 14.2 Å². The van der Waals surface area contributed by atoms with E-state index >= 15 is 0 Å². The van der Waals surface area contributed by atoms with Crippen LogP contribution in [0.1, 0.15) is 323 Å². The van der Waals surface area contributed by atoms with Crippen molar-refractivity contribution in [2.45, 2.75) is 329 Å². The van der Waals surface area contributed by atoms with Gasteiger partial charge in [-0.25, -0.2) is 0 Å². The molecule has 0 N–H and O–H groups in total. The Hall–Kier alpha value is -2.89. The van der Waals surface area contributed by atoms with Crippen LogP contribution in [-0.4, -0.2) is 37.2 Å². The molecule has 0 aliphatic rings. The van der Waals surface area contributed by atoms with Crippen LogP contribution in [0.25, 0.3) is 0 Å². The van der Waals surface area contributed by atoms with E-state index in [0.29, 0.717) is 19.3 Å². The van der Waals surface area contributed by atoms with E-state index in [2.05, 4.69) is 81.5 Å². The lowest BCUT2D eigenvalue weighted by atomic mass is 10.0. The average molecular weight is 1010 g/mol. The SMILES string of the molecule is CC/C=C\C/C=C\C/C=C\C/C=C\C/C=C\CCCCCCCCCCCCCCCCCC(=O)OCC(COC(=O)CCCCCCCCCC)OC(=O)CCCCCCCCCCCCCCCCC. The van der Waals surface area contributed by atoms with E-state index in [-0.39, 0.29) is 31.1 Å². The van der Waals surface area contributed by atoms with Gasteiger partial charge in [0.1, 0.15) is 13.2 Å². The Morgan fingerprint density at radius 3 is 0.847 bits per heavy atom. The Morgan fingerprint density at radius 2 is 0.542 bits per heavy atom. The van der Waals surface area contributed by atoms with Crippen LogP contribution in [0.3, 0.4) is 0 Å². The van der Waals surface area contributed by atoms with Crippen LogP contribution in [0.15, 0.2) is 60.8 Å². The zero-order chi connectivity index (χ0) is 52.2. The maximum absolute atomic E-state index is 12.8. The Kier molecular flexibility index (Phi) is 58.2. The lowest BCUT2D eigenvalue weighted by Crippen LogP contribution is -2.30. The van der Waals surface area contributed by atoms with Crippen molar-refractivity contribution in [1.29, 1.82) is 0 Å². The third-order valence-corrected chi connectivity index (χ3v) is 13.8. The molecule has 0 aliphatic carbocycles. The number of carbonyl (C=O) groups excluding carboxylic acids is 3. The minimum Gasteiger partial charge on any atom is -0.462 e. The van der Waals surface area contributed by atoms with Gasteiger partial charge in [-0.2, -0.15) is 0 Å². The fourth-order valence-corrected chi connectivity index (χ4v) is 9.12. The Balaban J connectivity index is 4.06. The molecule has 0 amide bonds. The summed E-state index contributed by atoms with van der Waals surface area (Å²) in [4.78, 5) is 38.0. The summed E-state index contributed by atoms with van der Waals surface area (Å²) < 4.78 is 16.8. The van der Waals surface area contributed by atoms with Gasteiger partial charge in [0.2, 0.25) is 0 Å². The number of unbranched alkanes of at least 4 members (excludes halogenated alkanes) is 36. The fraction of sp³-hybridized carbons (Fsp3) is 0.803. The van der Waals surface area contributed by atoms with E-state index in [9.17, 15) is 14.4 Å². The molecule has 1 unspecified atom stereocenters. The van der Waals surface area contributed by atoms with Gasteiger partial charge in [0.15, 0.2) is 6.10 Å². The maximum Gasteiger partial charge on any atom is 0.306 e. The number of carbonyl (C=O) groups is 3. The van der Waals surface area contributed by atoms with Crippen molar-refractivity contribution >= 4 is 17.9 Å². The summed E-state index contributed by atoms with van der Waals surface area (Å²) in [6.45, 7) is 6.54. The molecule has 0 aliphatic heterocycles. The number of allylic oxidation sites excluding steroid dienone is 10. The highest BCUT2D eigenvalue weighted by Gasteiger charge is 2.19. The van der Waals surface area contributed by atoms with Crippen LogP contribution in [0, 0.1) is 0 Å². The molecule has 0 heterocycles. The quantitative estimate of drug-likeness (QED) is 0.0261. The molecule has 0 aromatic rings. The summed E-state index contributed by atoms with van der Waals surface area (Å²) in [5.74, 6) is -0.855. The van der Waals surface area contributed by atoms with E-state index < -0.39 is 6.10 Å². The zero-order valence-electron chi connectivity index (χ0n) is 47.9. The minimum absolute atomic E-state index is 0.0683. The summed E-state index contributed by atoms with van der Waals surface area (Å²) in [5, 5.41) is 0. The van der Waals surface area contributed by atoms with Crippen molar-refractivity contribution < 1.29 is 28.6 Å².